The molecule has 1 spiro atoms. The van der Waals surface area contributed by atoms with E-state index in [2.05, 4.69) is 24.3 Å². The Balaban J connectivity index is 1.44. The first-order valence-corrected chi connectivity index (χ1v) is 16.3. The van der Waals surface area contributed by atoms with Gasteiger partial charge in [-0.3, -0.25) is 4.68 Å². The Morgan fingerprint density at radius 1 is 1.31 bits per heavy atom. The number of anilines is 1. The Hall–Kier alpha value is -2.80. The number of rotatable bonds is 7. The van der Waals surface area contributed by atoms with Crippen LogP contribution in [0.15, 0.2) is 6.20 Å². The molecule has 1 amide bonds. The summed E-state index contributed by atoms with van der Waals surface area (Å²) >= 11 is 0. The minimum absolute atomic E-state index is 0.0760. The van der Waals surface area contributed by atoms with Crippen LogP contribution >= 0.6 is 0 Å². The van der Waals surface area contributed by atoms with E-state index >= 15 is 0 Å². The second-order valence-electron chi connectivity index (χ2n) is 12.2. The largest absolute Gasteiger partial charge is 0.444 e. The second-order valence-corrected chi connectivity index (χ2v) is 15.5. The van der Waals surface area contributed by atoms with E-state index in [1.165, 1.54) is 12.5 Å². The number of aromatic nitrogens is 4. The Morgan fingerprint density at radius 3 is 2.67 bits per heavy atom. The fourth-order valence-corrected chi connectivity index (χ4v) is 6.68. The normalized spacial score (nSPS) is 21.7. The number of aryl methyl sites for hydroxylation is 2. The molecule has 36 heavy (non-hydrogen) atoms. The molecule has 0 bridgehead atoms. The van der Waals surface area contributed by atoms with E-state index < -0.39 is 14.4 Å². The number of ether oxygens (including phenoxy) is 1. The average molecular weight is 512 g/mol. The van der Waals surface area contributed by atoms with E-state index in [1.54, 1.807) is 0 Å². The zero-order valence-corrected chi connectivity index (χ0v) is 23.8. The summed E-state index contributed by atoms with van der Waals surface area (Å²) in [6, 6.07) is 3.76. The summed E-state index contributed by atoms with van der Waals surface area (Å²) in [5.74, 6) is 0.420. The van der Waals surface area contributed by atoms with Crippen LogP contribution in [-0.4, -0.2) is 58.0 Å². The lowest BCUT2D eigenvalue weighted by molar-refractivity contribution is 0.0188. The predicted molar refractivity (Wildman–Crippen MR) is 143 cm³/mol. The van der Waals surface area contributed by atoms with Crippen molar-refractivity contribution in [1.82, 2.24) is 24.5 Å². The summed E-state index contributed by atoms with van der Waals surface area (Å²) in [4.78, 5) is 14.3. The Labute approximate surface area is 216 Å². The zero-order chi connectivity index (χ0) is 26.3. The predicted octanol–water partition coefficient (Wildman–Crippen LogP) is 4.74. The van der Waals surface area contributed by atoms with Gasteiger partial charge < -0.3 is 15.4 Å². The number of carbonyl (C=O) groups excluding carboxylic acids is 1. The van der Waals surface area contributed by atoms with Crippen molar-refractivity contribution in [3.05, 3.63) is 17.5 Å². The molecule has 0 aromatic carbocycles. The van der Waals surface area contributed by atoms with Crippen LogP contribution in [0.25, 0.3) is 11.3 Å². The van der Waals surface area contributed by atoms with Gasteiger partial charge in [0.1, 0.15) is 28.7 Å². The van der Waals surface area contributed by atoms with E-state index in [0.29, 0.717) is 30.2 Å². The van der Waals surface area contributed by atoms with E-state index in [4.69, 9.17) is 15.6 Å². The van der Waals surface area contributed by atoms with E-state index in [1.807, 2.05) is 48.2 Å². The molecule has 196 valence electrons. The molecule has 0 radical (unpaired) electrons. The third kappa shape index (κ3) is 5.46. The molecule has 1 aliphatic carbocycles. The molecule has 0 unspecified atom stereocenters. The minimum atomic E-state index is -0.518. The summed E-state index contributed by atoms with van der Waals surface area (Å²) in [6.07, 6.45) is 6.84. The highest BCUT2D eigenvalue weighted by molar-refractivity contribution is 6.55. The first-order chi connectivity index (χ1) is 16.9. The number of unbranched alkanes of at least 4 members (excludes halogenated alkanes) is 1. The second kappa shape index (κ2) is 9.92. The van der Waals surface area contributed by atoms with Gasteiger partial charge in [0.25, 0.3) is 0 Å². The molecule has 1 saturated heterocycles. The highest BCUT2D eigenvalue weighted by Crippen LogP contribution is 2.55. The molecular weight excluding hydrogens is 470 g/mol. The number of amides is 1. The number of nitriles is 1. The molecule has 2 aliphatic rings. The van der Waals surface area contributed by atoms with Gasteiger partial charge in [-0.25, -0.2) is 9.48 Å². The lowest BCUT2D eigenvalue weighted by Crippen LogP contribution is -2.43. The molecular formula is C26H41N7O2Si. The van der Waals surface area contributed by atoms with Gasteiger partial charge in [-0.1, -0.05) is 25.6 Å². The minimum Gasteiger partial charge on any atom is -0.444 e. The average Bonchev–Trinajstić information content (AvgIpc) is 3.44. The van der Waals surface area contributed by atoms with Gasteiger partial charge in [0.15, 0.2) is 0 Å². The molecule has 2 N–H and O–H groups in total. The molecule has 2 aromatic heterocycles. The molecule has 4 rings (SSSR count). The van der Waals surface area contributed by atoms with Crippen molar-refractivity contribution in [2.75, 3.05) is 18.8 Å². The van der Waals surface area contributed by atoms with Crippen LogP contribution < -0.4 is 5.73 Å². The lowest BCUT2D eigenvalue weighted by Gasteiger charge is -2.45. The first-order valence-electron chi connectivity index (χ1n) is 13.2. The number of nitrogens with zero attached hydrogens (tertiary/aromatic N) is 6. The van der Waals surface area contributed by atoms with Crippen molar-refractivity contribution < 1.29 is 9.53 Å². The van der Waals surface area contributed by atoms with Crippen LogP contribution in [0.1, 0.15) is 70.2 Å². The lowest BCUT2D eigenvalue weighted by atomic mass is 9.65. The van der Waals surface area contributed by atoms with Crippen LogP contribution in [-0.2, 0) is 11.3 Å². The highest BCUT2D eigenvalue weighted by atomic mass is 28.3. The number of hydrogen-bond donors (Lipinski definition) is 1. The van der Waals surface area contributed by atoms with Crippen molar-refractivity contribution >= 4 is 20.7 Å². The van der Waals surface area contributed by atoms with Gasteiger partial charge in [-0.2, -0.15) is 15.5 Å². The molecule has 9 nitrogen and oxygen atoms in total. The smallest absolute Gasteiger partial charge is 0.410 e. The van der Waals surface area contributed by atoms with E-state index in [-0.39, 0.29) is 17.6 Å². The van der Waals surface area contributed by atoms with Crippen molar-refractivity contribution in [2.45, 2.75) is 97.1 Å². The molecule has 1 aliphatic heterocycles. The molecule has 0 atom stereocenters. The number of nitrogen functional groups attached to an aromatic ring is 1. The standard InChI is InChI=1S/C26H41N7O2Si/c1-18-21(16-32(29-18)10-7-8-12-36(5)6)22-20(15-27)23(28)33(30-22)19-13-26(14-19)9-11-31(17-26)24(34)35-25(2,3)4/h16,19,36H,7-14,17,28H2,1-6H3/t19-,26-. The third-order valence-corrected chi connectivity index (χ3v) is 9.02. The van der Waals surface area contributed by atoms with Gasteiger partial charge >= 0.3 is 6.09 Å². The Bertz CT molecular complexity index is 1150. The van der Waals surface area contributed by atoms with Crippen LogP contribution in [0, 0.1) is 23.7 Å². The van der Waals surface area contributed by atoms with Crippen molar-refractivity contribution in [1.29, 1.82) is 5.26 Å². The van der Waals surface area contributed by atoms with Gasteiger partial charge in [0.2, 0.25) is 0 Å². The van der Waals surface area contributed by atoms with E-state index in [0.717, 1.165) is 43.5 Å². The first kappa shape index (κ1) is 26.3. The third-order valence-electron chi connectivity index (χ3n) is 7.45. The summed E-state index contributed by atoms with van der Waals surface area (Å²) in [6.45, 7) is 14.7. The van der Waals surface area contributed by atoms with Crippen molar-refractivity contribution in [3.63, 3.8) is 0 Å². The van der Waals surface area contributed by atoms with Gasteiger partial charge in [0, 0.05) is 40.2 Å². The molecule has 2 aromatic rings. The summed E-state index contributed by atoms with van der Waals surface area (Å²) in [5.41, 5.74) is 8.81. The maximum Gasteiger partial charge on any atom is 0.410 e. The monoisotopic (exact) mass is 511 g/mol. The number of likely N-dealkylation sites (tertiary alicyclic amines) is 1. The number of hydrogen-bond acceptors (Lipinski definition) is 6. The maximum atomic E-state index is 12.5. The van der Waals surface area contributed by atoms with Crippen LogP contribution in [0.3, 0.4) is 0 Å². The molecule has 10 heteroatoms. The summed E-state index contributed by atoms with van der Waals surface area (Å²) in [7, 11) is -0.518. The van der Waals surface area contributed by atoms with Gasteiger partial charge in [-0.05, 0) is 58.8 Å². The Morgan fingerprint density at radius 2 is 2.03 bits per heavy atom. The fourth-order valence-electron chi connectivity index (χ4n) is 5.58. The quantitative estimate of drug-likeness (QED) is 0.424. The number of nitrogens with two attached hydrogens (primary N) is 1. The van der Waals surface area contributed by atoms with Gasteiger partial charge in [0.05, 0.1) is 11.7 Å². The van der Waals surface area contributed by atoms with Crippen LogP contribution in [0.2, 0.25) is 19.1 Å². The van der Waals surface area contributed by atoms with Crippen LogP contribution in [0.4, 0.5) is 10.6 Å². The highest BCUT2D eigenvalue weighted by Gasteiger charge is 2.51. The van der Waals surface area contributed by atoms with E-state index in [9.17, 15) is 10.1 Å². The van der Waals surface area contributed by atoms with Crippen molar-refractivity contribution in [3.8, 4) is 17.3 Å². The maximum absolute atomic E-state index is 12.5. The fraction of sp³-hybridized carbons (Fsp3) is 0.692. The van der Waals surface area contributed by atoms with Crippen LogP contribution in [0.5, 0.6) is 0 Å². The Kier molecular flexibility index (Phi) is 7.24. The SMILES string of the molecule is Cc1nn(CCCC[SiH](C)C)cc1-c1nn([C@H]2C[C@@]3(CCN(C(=O)OC(C)(C)C)C3)C2)c(N)c1C#N. The molecule has 1 saturated carbocycles. The molecule has 2 fully saturated rings. The molecule has 3 heterocycles. The number of carbonyl (C=O) groups is 1. The summed E-state index contributed by atoms with van der Waals surface area (Å²) in [5, 5.41) is 19.4. The van der Waals surface area contributed by atoms with Gasteiger partial charge in [-0.15, -0.1) is 0 Å². The topological polar surface area (TPSA) is 115 Å². The summed E-state index contributed by atoms with van der Waals surface area (Å²) < 4.78 is 9.37. The van der Waals surface area contributed by atoms with Crippen molar-refractivity contribution in [2.24, 2.45) is 5.41 Å². The zero-order valence-electron chi connectivity index (χ0n) is 22.7.